The van der Waals surface area contributed by atoms with Gasteiger partial charge in [-0.2, -0.15) is 0 Å². The zero-order valence-corrected chi connectivity index (χ0v) is 13.4. The SMILES string of the molecule is CC1CCC(Oc2ccc3c(c2)OC(C)(C)CC3N)CC1. The van der Waals surface area contributed by atoms with Gasteiger partial charge in [-0.1, -0.05) is 13.0 Å². The lowest BCUT2D eigenvalue weighted by molar-refractivity contribution is 0.0716. The second kappa shape index (κ2) is 5.53. The lowest BCUT2D eigenvalue weighted by Crippen LogP contribution is -2.37. The zero-order chi connectivity index (χ0) is 15.0. The molecule has 1 aromatic carbocycles. The molecule has 3 rings (SSSR count). The van der Waals surface area contributed by atoms with Crippen LogP contribution in [-0.4, -0.2) is 11.7 Å². The van der Waals surface area contributed by atoms with E-state index in [4.69, 9.17) is 15.2 Å². The van der Waals surface area contributed by atoms with Crippen LogP contribution in [0.25, 0.3) is 0 Å². The van der Waals surface area contributed by atoms with Crippen LogP contribution < -0.4 is 15.2 Å². The Hall–Kier alpha value is -1.22. The summed E-state index contributed by atoms with van der Waals surface area (Å²) in [6.45, 7) is 6.50. The van der Waals surface area contributed by atoms with Crippen molar-refractivity contribution in [3.63, 3.8) is 0 Å². The van der Waals surface area contributed by atoms with Crippen molar-refractivity contribution in [2.24, 2.45) is 11.7 Å². The number of benzene rings is 1. The van der Waals surface area contributed by atoms with Gasteiger partial charge in [-0.3, -0.25) is 0 Å². The van der Waals surface area contributed by atoms with E-state index >= 15 is 0 Å². The molecule has 2 N–H and O–H groups in total. The molecule has 0 spiro atoms. The van der Waals surface area contributed by atoms with Gasteiger partial charge in [0.25, 0.3) is 0 Å². The van der Waals surface area contributed by atoms with Crippen LogP contribution in [0.4, 0.5) is 0 Å². The molecule has 2 aliphatic rings. The van der Waals surface area contributed by atoms with Crippen molar-refractivity contribution in [3.05, 3.63) is 23.8 Å². The fourth-order valence-electron chi connectivity index (χ4n) is 3.50. The summed E-state index contributed by atoms with van der Waals surface area (Å²) in [6, 6.07) is 6.18. The molecule has 0 aromatic heterocycles. The van der Waals surface area contributed by atoms with Crippen molar-refractivity contribution in [3.8, 4) is 11.5 Å². The summed E-state index contributed by atoms with van der Waals surface area (Å²) < 4.78 is 12.2. The fraction of sp³-hybridized carbons (Fsp3) is 0.667. The van der Waals surface area contributed by atoms with E-state index in [1.54, 1.807) is 0 Å². The highest BCUT2D eigenvalue weighted by atomic mass is 16.5. The van der Waals surface area contributed by atoms with Gasteiger partial charge in [-0.25, -0.2) is 0 Å². The van der Waals surface area contributed by atoms with Gasteiger partial charge < -0.3 is 15.2 Å². The van der Waals surface area contributed by atoms with Crippen LogP contribution in [0.3, 0.4) is 0 Å². The zero-order valence-electron chi connectivity index (χ0n) is 13.4. The molecular formula is C18H27NO2. The Labute approximate surface area is 127 Å². The average molecular weight is 289 g/mol. The Balaban J connectivity index is 1.74. The predicted molar refractivity (Wildman–Crippen MR) is 84.7 cm³/mol. The van der Waals surface area contributed by atoms with Crippen molar-refractivity contribution in [2.75, 3.05) is 0 Å². The molecule has 1 unspecified atom stereocenters. The van der Waals surface area contributed by atoms with Crippen LogP contribution >= 0.6 is 0 Å². The molecule has 116 valence electrons. The smallest absolute Gasteiger partial charge is 0.128 e. The molecule has 0 radical (unpaired) electrons. The van der Waals surface area contributed by atoms with Crippen LogP contribution in [0.15, 0.2) is 18.2 Å². The van der Waals surface area contributed by atoms with E-state index in [1.165, 1.54) is 12.8 Å². The summed E-state index contributed by atoms with van der Waals surface area (Å²) in [5.41, 5.74) is 7.14. The summed E-state index contributed by atoms with van der Waals surface area (Å²) >= 11 is 0. The molecule has 1 atom stereocenters. The summed E-state index contributed by atoms with van der Waals surface area (Å²) in [5.74, 6) is 2.65. The first-order chi connectivity index (χ1) is 9.93. The first-order valence-corrected chi connectivity index (χ1v) is 8.18. The van der Waals surface area contributed by atoms with E-state index in [1.807, 2.05) is 12.1 Å². The normalized spacial score (nSPS) is 31.1. The molecule has 1 aromatic rings. The number of nitrogens with two attached hydrogens (primary N) is 1. The maximum absolute atomic E-state index is 6.25. The topological polar surface area (TPSA) is 44.5 Å². The molecule has 0 saturated heterocycles. The lowest BCUT2D eigenvalue weighted by Gasteiger charge is -2.36. The van der Waals surface area contributed by atoms with Crippen molar-refractivity contribution < 1.29 is 9.47 Å². The van der Waals surface area contributed by atoms with Crippen LogP contribution in [0, 0.1) is 5.92 Å². The standard InChI is InChI=1S/C18H27NO2/c1-12-4-6-13(7-5-12)20-14-8-9-15-16(19)11-18(2,3)21-17(15)10-14/h8-10,12-13,16H,4-7,11,19H2,1-3H3. The van der Waals surface area contributed by atoms with E-state index in [0.29, 0.717) is 6.10 Å². The molecule has 0 bridgehead atoms. The maximum atomic E-state index is 6.25. The highest BCUT2D eigenvalue weighted by molar-refractivity contribution is 5.44. The molecular weight excluding hydrogens is 262 g/mol. The number of hydrogen-bond acceptors (Lipinski definition) is 3. The molecule has 3 nitrogen and oxygen atoms in total. The minimum atomic E-state index is -0.203. The molecule has 1 heterocycles. The largest absolute Gasteiger partial charge is 0.490 e. The number of rotatable bonds is 2. The highest BCUT2D eigenvalue weighted by Gasteiger charge is 2.32. The second-order valence-corrected chi connectivity index (χ2v) is 7.37. The van der Waals surface area contributed by atoms with Crippen LogP contribution in [0.2, 0.25) is 0 Å². The molecule has 3 heteroatoms. The third-order valence-electron chi connectivity index (χ3n) is 4.75. The number of hydrogen-bond donors (Lipinski definition) is 1. The van der Waals surface area contributed by atoms with E-state index in [0.717, 1.165) is 42.2 Å². The first kappa shape index (κ1) is 14.7. The molecule has 1 saturated carbocycles. The van der Waals surface area contributed by atoms with E-state index in [9.17, 15) is 0 Å². The van der Waals surface area contributed by atoms with Crippen molar-refractivity contribution >= 4 is 0 Å². The van der Waals surface area contributed by atoms with E-state index in [-0.39, 0.29) is 11.6 Å². The van der Waals surface area contributed by atoms with E-state index in [2.05, 4.69) is 26.8 Å². The summed E-state index contributed by atoms with van der Waals surface area (Å²) in [6.07, 6.45) is 6.05. The van der Waals surface area contributed by atoms with Crippen molar-refractivity contribution in [2.45, 2.75) is 70.6 Å². The third-order valence-corrected chi connectivity index (χ3v) is 4.75. The molecule has 1 aliphatic carbocycles. The molecule has 1 aliphatic heterocycles. The summed E-state index contributed by atoms with van der Waals surface area (Å²) in [5, 5.41) is 0. The van der Waals surface area contributed by atoms with Crippen LogP contribution in [-0.2, 0) is 0 Å². The highest BCUT2D eigenvalue weighted by Crippen LogP contribution is 2.40. The lowest BCUT2D eigenvalue weighted by atomic mass is 9.89. The number of ether oxygens (including phenoxy) is 2. The second-order valence-electron chi connectivity index (χ2n) is 7.37. The first-order valence-electron chi connectivity index (χ1n) is 8.18. The maximum Gasteiger partial charge on any atom is 0.128 e. The molecule has 0 amide bonds. The fourth-order valence-corrected chi connectivity index (χ4v) is 3.50. The van der Waals surface area contributed by atoms with Crippen LogP contribution in [0.1, 0.15) is 64.5 Å². The van der Waals surface area contributed by atoms with Gasteiger partial charge in [0.05, 0.1) is 6.10 Å². The average Bonchev–Trinajstić information content (AvgIpc) is 2.39. The van der Waals surface area contributed by atoms with E-state index < -0.39 is 0 Å². The summed E-state index contributed by atoms with van der Waals surface area (Å²) in [4.78, 5) is 0. The quantitative estimate of drug-likeness (QED) is 0.887. The van der Waals surface area contributed by atoms with Gasteiger partial charge in [0.2, 0.25) is 0 Å². The number of fused-ring (bicyclic) bond motifs is 1. The Morgan fingerprint density at radius 1 is 1.19 bits per heavy atom. The Morgan fingerprint density at radius 3 is 2.62 bits per heavy atom. The van der Waals surface area contributed by atoms with Gasteiger partial charge in [-0.15, -0.1) is 0 Å². The molecule has 1 fully saturated rings. The predicted octanol–water partition coefficient (Wildman–Crippen LogP) is 4.21. The van der Waals surface area contributed by atoms with Gasteiger partial charge in [-0.05, 0) is 51.5 Å². The van der Waals surface area contributed by atoms with Crippen molar-refractivity contribution in [1.82, 2.24) is 0 Å². The van der Waals surface area contributed by atoms with Gasteiger partial charge >= 0.3 is 0 Å². The van der Waals surface area contributed by atoms with Gasteiger partial charge in [0.1, 0.15) is 17.1 Å². The summed E-state index contributed by atoms with van der Waals surface area (Å²) in [7, 11) is 0. The Morgan fingerprint density at radius 2 is 1.90 bits per heavy atom. The van der Waals surface area contributed by atoms with Crippen molar-refractivity contribution in [1.29, 1.82) is 0 Å². The van der Waals surface area contributed by atoms with Gasteiger partial charge in [0.15, 0.2) is 0 Å². The minimum absolute atomic E-state index is 0.0494. The van der Waals surface area contributed by atoms with Crippen LogP contribution in [0.5, 0.6) is 11.5 Å². The molecule has 21 heavy (non-hydrogen) atoms. The third kappa shape index (κ3) is 3.34. The monoisotopic (exact) mass is 289 g/mol. The Kier molecular flexibility index (Phi) is 3.87. The van der Waals surface area contributed by atoms with Gasteiger partial charge in [0, 0.05) is 24.1 Å². The Bertz CT molecular complexity index is 504. The minimum Gasteiger partial charge on any atom is -0.490 e.